The van der Waals surface area contributed by atoms with Gasteiger partial charge in [0.2, 0.25) is 0 Å². The lowest BCUT2D eigenvalue weighted by Crippen LogP contribution is -2.01. The molecule has 0 bridgehead atoms. The summed E-state index contributed by atoms with van der Waals surface area (Å²) in [7, 11) is 0. The minimum atomic E-state index is -2.83. The fourth-order valence-electron chi connectivity index (χ4n) is 2.02. The Hall–Kier alpha value is -3.00. The minimum Gasteiger partial charge on any atom is -0.455 e. The Morgan fingerprint density at radius 3 is 2.30 bits per heavy atom. The van der Waals surface area contributed by atoms with Crippen molar-refractivity contribution >= 4 is 0 Å². The molecular weight excluding hydrogens is 302 g/mol. The lowest BCUT2D eigenvalue weighted by Gasteiger charge is -2.10. The van der Waals surface area contributed by atoms with Crippen LogP contribution in [0.4, 0.5) is 8.78 Å². The zero-order chi connectivity index (χ0) is 16.1. The Balaban J connectivity index is 1.72. The summed E-state index contributed by atoms with van der Waals surface area (Å²) < 4.78 is 39.0. The molecule has 23 heavy (non-hydrogen) atoms. The molecular formula is C18H12F2O3. The highest BCUT2D eigenvalue weighted by atomic mass is 19.3. The molecule has 0 radical (unpaired) electrons. The van der Waals surface area contributed by atoms with Crippen molar-refractivity contribution in [2.45, 2.75) is 12.9 Å². The summed E-state index contributed by atoms with van der Waals surface area (Å²) in [6.07, 6.45) is 2.54. The van der Waals surface area contributed by atoms with Gasteiger partial charge in [-0.15, -0.1) is 0 Å². The van der Waals surface area contributed by atoms with Crippen molar-refractivity contribution in [3.8, 4) is 17.6 Å². The first kappa shape index (κ1) is 14.9. The van der Waals surface area contributed by atoms with Crippen molar-refractivity contribution in [2.24, 2.45) is 0 Å². The van der Waals surface area contributed by atoms with E-state index in [1.807, 2.05) is 24.3 Å². The molecule has 1 aliphatic heterocycles. The topological polar surface area (TPSA) is 27.7 Å². The van der Waals surface area contributed by atoms with Crippen LogP contribution in [0.3, 0.4) is 0 Å². The average molecular weight is 314 g/mol. The molecule has 2 aromatic rings. The lowest BCUT2D eigenvalue weighted by atomic mass is 10.1. The van der Waals surface area contributed by atoms with Gasteiger partial charge in [0.05, 0.1) is 0 Å². The summed E-state index contributed by atoms with van der Waals surface area (Å²) in [5.41, 5.74) is 2.36. The van der Waals surface area contributed by atoms with Crippen LogP contribution >= 0.6 is 0 Å². The van der Waals surface area contributed by atoms with Crippen LogP contribution in [0.5, 0.6) is 5.75 Å². The number of alkyl halides is 2. The molecule has 1 aliphatic rings. The van der Waals surface area contributed by atoms with Crippen LogP contribution in [0.25, 0.3) is 0 Å². The van der Waals surface area contributed by atoms with Gasteiger partial charge in [0.1, 0.15) is 18.3 Å². The normalized spacial score (nSPS) is 13.2. The second kappa shape index (κ2) is 6.84. The highest BCUT2D eigenvalue weighted by molar-refractivity contribution is 5.45. The maximum Gasteiger partial charge on any atom is 0.387 e. The van der Waals surface area contributed by atoms with Crippen molar-refractivity contribution in [1.29, 1.82) is 0 Å². The zero-order valence-corrected chi connectivity index (χ0v) is 11.9. The van der Waals surface area contributed by atoms with Crippen LogP contribution < -0.4 is 4.74 Å². The van der Waals surface area contributed by atoms with E-state index in [9.17, 15) is 8.78 Å². The fourth-order valence-corrected chi connectivity index (χ4v) is 2.02. The van der Waals surface area contributed by atoms with Gasteiger partial charge in [-0.25, -0.2) is 0 Å². The van der Waals surface area contributed by atoms with Crippen LogP contribution in [-0.4, -0.2) is 6.61 Å². The molecule has 3 rings (SSSR count). The third-order valence-electron chi connectivity index (χ3n) is 3.05. The predicted octanol–water partition coefficient (Wildman–Crippen LogP) is 4.20. The average Bonchev–Trinajstić information content (AvgIpc) is 3.08. The molecule has 0 amide bonds. The van der Waals surface area contributed by atoms with Crippen LogP contribution in [0, 0.1) is 11.8 Å². The molecule has 0 fully saturated rings. The molecule has 116 valence electrons. The maximum absolute atomic E-state index is 12.1. The van der Waals surface area contributed by atoms with E-state index >= 15 is 0 Å². The molecule has 0 saturated heterocycles. The van der Waals surface area contributed by atoms with Crippen molar-refractivity contribution in [3.63, 3.8) is 0 Å². The van der Waals surface area contributed by atoms with Gasteiger partial charge in [-0.2, -0.15) is 8.78 Å². The van der Waals surface area contributed by atoms with Gasteiger partial charge in [0, 0.05) is 16.7 Å². The molecule has 0 spiro atoms. The molecule has 5 heteroatoms. The van der Waals surface area contributed by atoms with E-state index in [0.29, 0.717) is 5.56 Å². The highest BCUT2D eigenvalue weighted by Crippen LogP contribution is 2.24. The van der Waals surface area contributed by atoms with Crippen LogP contribution in [0.1, 0.15) is 23.0 Å². The van der Waals surface area contributed by atoms with Crippen molar-refractivity contribution in [3.05, 3.63) is 77.7 Å². The number of rotatable bonds is 3. The van der Waals surface area contributed by atoms with Crippen LogP contribution in [0.15, 0.2) is 61.1 Å². The first-order valence-corrected chi connectivity index (χ1v) is 6.83. The number of hydrogen-bond acceptors (Lipinski definition) is 3. The molecule has 0 aromatic heterocycles. The molecule has 0 unspecified atom stereocenters. The van der Waals surface area contributed by atoms with E-state index in [4.69, 9.17) is 9.47 Å². The minimum absolute atomic E-state index is 0.107. The zero-order valence-electron chi connectivity index (χ0n) is 11.9. The van der Waals surface area contributed by atoms with Gasteiger partial charge in [0.15, 0.2) is 0 Å². The third-order valence-corrected chi connectivity index (χ3v) is 3.05. The second-order valence-electron chi connectivity index (χ2n) is 4.65. The highest BCUT2D eigenvalue weighted by Gasteiger charge is 2.14. The van der Waals surface area contributed by atoms with E-state index in [1.54, 1.807) is 12.1 Å². The van der Waals surface area contributed by atoms with Gasteiger partial charge < -0.3 is 14.2 Å². The van der Waals surface area contributed by atoms with E-state index in [1.165, 1.54) is 24.7 Å². The molecule has 2 aromatic carbocycles. The van der Waals surface area contributed by atoms with Gasteiger partial charge >= 0.3 is 6.61 Å². The number of halogens is 2. The Bertz CT molecular complexity index is 750. The quantitative estimate of drug-likeness (QED) is 0.795. The lowest BCUT2D eigenvalue weighted by molar-refractivity contribution is -0.0498. The Labute approximate surface area is 132 Å². The van der Waals surface area contributed by atoms with E-state index in [-0.39, 0.29) is 5.75 Å². The number of hydrogen-bond donors (Lipinski definition) is 0. The molecule has 0 saturated carbocycles. The first-order valence-electron chi connectivity index (χ1n) is 6.83. The van der Waals surface area contributed by atoms with E-state index in [0.717, 1.165) is 11.1 Å². The van der Waals surface area contributed by atoms with Crippen molar-refractivity contribution in [2.75, 3.05) is 0 Å². The summed E-state index contributed by atoms with van der Waals surface area (Å²) in [5.74, 6) is 6.09. The Morgan fingerprint density at radius 1 is 0.913 bits per heavy atom. The number of benzene rings is 2. The number of ether oxygens (including phenoxy) is 3. The van der Waals surface area contributed by atoms with E-state index in [2.05, 4.69) is 16.6 Å². The van der Waals surface area contributed by atoms with Crippen LogP contribution in [-0.2, 0) is 9.47 Å². The Kier molecular flexibility index (Phi) is 4.44. The van der Waals surface area contributed by atoms with Gasteiger partial charge in [-0.3, -0.25) is 0 Å². The first-order chi connectivity index (χ1) is 11.2. The largest absolute Gasteiger partial charge is 0.455 e. The summed E-state index contributed by atoms with van der Waals surface area (Å²) in [6.45, 7) is -2.83. The molecule has 0 N–H and O–H groups in total. The van der Waals surface area contributed by atoms with Crippen molar-refractivity contribution < 1.29 is 23.0 Å². The van der Waals surface area contributed by atoms with E-state index < -0.39 is 12.9 Å². The molecule has 1 heterocycles. The maximum atomic E-state index is 12.1. The van der Waals surface area contributed by atoms with Gasteiger partial charge in [-0.1, -0.05) is 24.0 Å². The molecule has 0 aliphatic carbocycles. The Morgan fingerprint density at radius 2 is 1.61 bits per heavy atom. The van der Waals surface area contributed by atoms with Crippen LogP contribution in [0.2, 0.25) is 0 Å². The summed E-state index contributed by atoms with van der Waals surface area (Å²) in [5, 5.41) is 0. The summed E-state index contributed by atoms with van der Waals surface area (Å²) >= 11 is 0. The van der Waals surface area contributed by atoms with Crippen molar-refractivity contribution in [1.82, 2.24) is 0 Å². The smallest absolute Gasteiger partial charge is 0.387 e. The van der Waals surface area contributed by atoms with Gasteiger partial charge in [-0.05, 0) is 36.4 Å². The van der Waals surface area contributed by atoms with Gasteiger partial charge in [0.25, 0.3) is 6.29 Å². The summed E-state index contributed by atoms with van der Waals surface area (Å²) in [4.78, 5) is 0. The second-order valence-corrected chi connectivity index (χ2v) is 4.65. The third kappa shape index (κ3) is 4.01. The fraction of sp³-hybridized carbons (Fsp3) is 0.111. The standard InChI is InChI=1S/C18H12F2O3/c19-18(20)23-16-8-6-13(7-9-16)4-5-14-2-1-3-15(12-14)17-21-10-11-22-17/h1-3,6-12,17-18H. The molecule has 0 atom stereocenters. The molecule has 3 nitrogen and oxygen atoms in total. The SMILES string of the molecule is FC(F)Oc1ccc(C#Cc2cccc(C3OC=CO3)c2)cc1. The predicted molar refractivity (Wildman–Crippen MR) is 79.5 cm³/mol. The summed E-state index contributed by atoms with van der Waals surface area (Å²) in [6, 6.07) is 13.7. The monoisotopic (exact) mass is 314 g/mol.